The smallest absolute Gasteiger partial charge is 0.230 e. The molecule has 1 amide bonds. The van der Waals surface area contributed by atoms with Gasteiger partial charge < -0.3 is 14.4 Å². The van der Waals surface area contributed by atoms with E-state index in [1.165, 1.54) is 11.8 Å². The summed E-state index contributed by atoms with van der Waals surface area (Å²) in [5, 5.41) is 15.0. The molecule has 1 aromatic carbocycles. The van der Waals surface area contributed by atoms with Crippen LogP contribution in [0.25, 0.3) is 0 Å². The Hall–Kier alpha value is -2.37. The average molecular weight is 261 g/mol. The maximum absolute atomic E-state index is 11.8. The van der Waals surface area contributed by atoms with Crippen LogP contribution >= 0.6 is 0 Å². The molecule has 0 saturated carbocycles. The van der Waals surface area contributed by atoms with Gasteiger partial charge in [0.25, 0.3) is 0 Å². The minimum Gasteiger partial charge on any atom is -0.491 e. The number of carbonyl (C=O) groups is 1. The highest BCUT2D eigenvalue weighted by atomic mass is 16.5. The fourth-order valence-electron chi connectivity index (χ4n) is 1.81. The fourth-order valence-corrected chi connectivity index (χ4v) is 1.81. The molecule has 0 aliphatic carbocycles. The van der Waals surface area contributed by atoms with Crippen LogP contribution in [0.2, 0.25) is 0 Å². The first kappa shape index (κ1) is 13.1. The van der Waals surface area contributed by atoms with Crippen molar-refractivity contribution >= 4 is 23.4 Å². The second-order valence-corrected chi connectivity index (χ2v) is 4.22. The van der Waals surface area contributed by atoms with E-state index >= 15 is 0 Å². The van der Waals surface area contributed by atoms with Gasteiger partial charge in [-0.05, 0) is 18.2 Å². The van der Waals surface area contributed by atoms with Crippen molar-refractivity contribution in [2.24, 2.45) is 0 Å². The van der Waals surface area contributed by atoms with Gasteiger partial charge in [-0.2, -0.15) is 0 Å². The molecule has 0 fully saturated rings. The van der Waals surface area contributed by atoms with Gasteiger partial charge in [0.05, 0.1) is 18.7 Å². The minimum absolute atomic E-state index is 0.0356. The zero-order valence-electron chi connectivity index (χ0n) is 10.8. The van der Waals surface area contributed by atoms with Gasteiger partial charge in [0.15, 0.2) is 5.90 Å². The maximum atomic E-state index is 11.8. The summed E-state index contributed by atoms with van der Waals surface area (Å²) >= 11 is 0. The summed E-state index contributed by atoms with van der Waals surface area (Å²) in [5.41, 5.74) is 1.10. The number of amides is 1. The Bertz CT molecular complexity index is 554. The van der Waals surface area contributed by atoms with E-state index in [4.69, 9.17) is 20.3 Å². The molecule has 19 heavy (non-hydrogen) atoms. The summed E-state index contributed by atoms with van der Waals surface area (Å²) < 4.78 is 10.4. The van der Waals surface area contributed by atoms with E-state index in [1.807, 2.05) is 0 Å². The highest BCUT2D eigenvalue weighted by molar-refractivity contribution is 6.01. The van der Waals surface area contributed by atoms with Crippen molar-refractivity contribution in [3.8, 4) is 5.75 Å². The summed E-state index contributed by atoms with van der Waals surface area (Å²) in [4.78, 5) is 13.3. The third kappa shape index (κ3) is 2.73. The number of hydrogen-bond acceptors (Lipinski definition) is 5. The molecule has 0 unspecified atom stereocenters. The standard InChI is InChI=1S/C13H15N3O3/c1-8(14)19-13(15)9-3-4-11-10(7-9)16(2)12(17)5-6-18-11/h3-4,7,14-15H,5-6H2,1-2H3. The van der Waals surface area contributed by atoms with Crippen LogP contribution in [0.5, 0.6) is 5.75 Å². The van der Waals surface area contributed by atoms with E-state index < -0.39 is 0 Å². The predicted octanol–water partition coefficient (Wildman–Crippen LogP) is 1.77. The van der Waals surface area contributed by atoms with Gasteiger partial charge in [-0.15, -0.1) is 0 Å². The molecular weight excluding hydrogens is 246 g/mol. The second kappa shape index (κ2) is 5.09. The lowest BCUT2D eigenvalue weighted by Gasteiger charge is -2.17. The normalized spacial score (nSPS) is 14.2. The Kier molecular flexibility index (Phi) is 3.50. The van der Waals surface area contributed by atoms with Crippen LogP contribution < -0.4 is 9.64 Å². The Morgan fingerprint density at radius 1 is 1.42 bits per heavy atom. The highest BCUT2D eigenvalue weighted by Crippen LogP contribution is 2.31. The SMILES string of the molecule is CC(=N)OC(=N)c1ccc2c(c1)N(C)C(=O)CCO2. The molecule has 0 atom stereocenters. The number of hydrogen-bond donors (Lipinski definition) is 2. The van der Waals surface area contributed by atoms with Crippen molar-refractivity contribution < 1.29 is 14.3 Å². The quantitative estimate of drug-likeness (QED) is 0.596. The Balaban J connectivity index is 2.36. The molecule has 100 valence electrons. The van der Waals surface area contributed by atoms with Gasteiger partial charge in [0.1, 0.15) is 5.75 Å². The molecule has 0 spiro atoms. The molecular formula is C13H15N3O3. The van der Waals surface area contributed by atoms with E-state index in [0.717, 1.165) is 0 Å². The van der Waals surface area contributed by atoms with Gasteiger partial charge in [-0.3, -0.25) is 15.6 Å². The molecule has 2 rings (SSSR count). The first-order chi connectivity index (χ1) is 8.99. The van der Waals surface area contributed by atoms with Gasteiger partial charge in [0.2, 0.25) is 11.8 Å². The number of nitrogens with zero attached hydrogens (tertiary/aromatic N) is 1. The van der Waals surface area contributed by atoms with E-state index in [-0.39, 0.29) is 17.7 Å². The third-order valence-corrected chi connectivity index (χ3v) is 2.79. The van der Waals surface area contributed by atoms with E-state index in [1.54, 1.807) is 25.2 Å². The number of benzene rings is 1. The van der Waals surface area contributed by atoms with Crippen molar-refractivity contribution in [1.82, 2.24) is 0 Å². The van der Waals surface area contributed by atoms with Crippen LogP contribution in [0.3, 0.4) is 0 Å². The summed E-state index contributed by atoms with van der Waals surface area (Å²) in [6.45, 7) is 1.81. The number of rotatable bonds is 1. The predicted molar refractivity (Wildman–Crippen MR) is 71.3 cm³/mol. The van der Waals surface area contributed by atoms with Crippen LogP contribution in [0.15, 0.2) is 18.2 Å². The minimum atomic E-state index is -0.125. The lowest BCUT2D eigenvalue weighted by Crippen LogP contribution is -2.25. The number of fused-ring (bicyclic) bond motifs is 1. The van der Waals surface area contributed by atoms with Crippen molar-refractivity contribution in [2.45, 2.75) is 13.3 Å². The van der Waals surface area contributed by atoms with E-state index in [0.29, 0.717) is 30.0 Å². The Labute approximate surface area is 110 Å². The van der Waals surface area contributed by atoms with Gasteiger partial charge in [-0.1, -0.05) is 0 Å². The zero-order valence-corrected chi connectivity index (χ0v) is 10.8. The Morgan fingerprint density at radius 2 is 2.16 bits per heavy atom. The molecule has 0 saturated heterocycles. The van der Waals surface area contributed by atoms with Crippen molar-refractivity contribution in [3.63, 3.8) is 0 Å². The highest BCUT2D eigenvalue weighted by Gasteiger charge is 2.21. The molecule has 1 aliphatic heterocycles. The number of anilines is 1. The Morgan fingerprint density at radius 3 is 2.84 bits per heavy atom. The van der Waals surface area contributed by atoms with E-state index in [9.17, 15) is 4.79 Å². The van der Waals surface area contributed by atoms with Crippen LogP contribution in [0.4, 0.5) is 5.69 Å². The first-order valence-corrected chi connectivity index (χ1v) is 5.84. The molecule has 0 aromatic heterocycles. The summed E-state index contributed by atoms with van der Waals surface area (Å²) in [6, 6.07) is 5.04. The van der Waals surface area contributed by atoms with Crippen molar-refractivity contribution in [3.05, 3.63) is 23.8 Å². The van der Waals surface area contributed by atoms with Crippen LogP contribution in [0.1, 0.15) is 18.9 Å². The first-order valence-electron chi connectivity index (χ1n) is 5.84. The van der Waals surface area contributed by atoms with Crippen molar-refractivity contribution in [1.29, 1.82) is 10.8 Å². The maximum Gasteiger partial charge on any atom is 0.230 e. The van der Waals surface area contributed by atoms with Crippen LogP contribution in [0, 0.1) is 10.8 Å². The lowest BCUT2D eigenvalue weighted by molar-refractivity contribution is -0.118. The molecule has 0 radical (unpaired) electrons. The summed E-state index contributed by atoms with van der Waals surface area (Å²) in [6.07, 6.45) is 0.327. The van der Waals surface area contributed by atoms with Gasteiger partial charge in [-0.25, -0.2) is 0 Å². The topological polar surface area (TPSA) is 86.5 Å². The monoisotopic (exact) mass is 261 g/mol. The molecule has 1 heterocycles. The lowest BCUT2D eigenvalue weighted by atomic mass is 10.1. The summed E-state index contributed by atoms with van der Waals surface area (Å²) in [7, 11) is 1.67. The average Bonchev–Trinajstić information content (AvgIpc) is 2.49. The van der Waals surface area contributed by atoms with Crippen LogP contribution in [-0.4, -0.2) is 31.4 Å². The molecule has 1 aliphatic rings. The number of ether oxygens (including phenoxy) is 2. The molecule has 6 nitrogen and oxygen atoms in total. The molecule has 1 aromatic rings. The molecule has 0 bridgehead atoms. The molecule has 2 N–H and O–H groups in total. The molecule has 6 heteroatoms. The summed E-state index contributed by atoms with van der Waals surface area (Å²) in [5.74, 6) is 0.393. The van der Waals surface area contributed by atoms with Gasteiger partial charge >= 0.3 is 0 Å². The van der Waals surface area contributed by atoms with Crippen LogP contribution in [-0.2, 0) is 9.53 Å². The fraction of sp³-hybridized carbons (Fsp3) is 0.308. The van der Waals surface area contributed by atoms with Gasteiger partial charge in [0, 0.05) is 19.5 Å². The largest absolute Gasteiger partial charge is 0.491 e. The second-order valence-electron chi connectivity index (χ2n) is 4.22. The van der Waals surface area contributed by atoms with Crippen molar-refractivity contribution in [2.75, 3.05) is 18.6 Å². The number of nitrogens with one attached hydrogen (secondary N) is 2. The third-order valence-electron chi connectivity index (χ3n) is 2.79. The van der Waals surface area contributed by atoms with E-state index in [2.05, 4.69) is 0 Å². The zero-order chi connectivity index (χ0) is 14.0. The number of carbonyl (C=O) groups excluding carboxylic acids is 1.